The van der Waals surface area contributed by atoms with Gasteiger partial charge in [0.25, 0.3) is 0 Å². The summed E-state index contributed by atoms with van der Waals surface area (Å²) in [4.78, 5) is 0. The second kappa shape index (κ2) is 11.0. The summed E-state index contributed by atoms with van der Waals surface area (Å²) in [6.07, 6.45) is 8.97. The Morgan fingerprint density at radius 1 is 0.974 bits per heavy atom. The maximum absolute atomic E-state index is 11.4. The monoisotopic (exact) mass is 578 g/mol. The predicted molar refractivity (Wildman–Crippen MR) is 143 cm³/mol. The van der Waals surface area contributed by atoms with Gasteiger partial charge in [-0.15, -0.1) is 0 Å². The molecule has 38 heavy (non-hydrogen) atoms. The van der Waals surface area contributed by atoms with Gasteiger partial charge in [-0.1, -0.05) is 52.2 Å². The van der Waals surface area contributed by atoms with Crippen LogP contribution >= 0.6 is 0 Å². The quantitative estimate of drug-likeness (QED) is 0.241. The molecule has 9 nitrogen and oxygen atoms in total. The Morgan fingerprint density at radius 2 is 1.66 bits per heavy atom. The average Bonchev–Trinajstić information content (AvgIpc) is 3.14. The summed E-state index contributed by atoms with van der Waals surface area (Å²) in [6.45, 7) is 8.89. The van der Waals surface area contributed by atoms with Crippen LogP contribution in [0.2, 0.25) is 0 Å². The molecule has 220 valence electrons. The summed E-state index contributed by atoms with van der Waals surface area (Å²) in [6, 6.07) is 0. The fourth-order valence-electron chi connectivity index (χ4n) is 9.01. The first-order chi connectivity index (χ1) is 17.6. The first-order valence-electron chi connectivity index (χ1n) is 14.2. The molecule has 0 aliphatic heterocycles. The molecule has 0 radical (unpaired) electrons. The molecule has 0 amide bonds. The summed E-state index contributed by atoms with van der Waals surface area (Å²) >= 11 is 0. The predicted octanol–water partition coefficient (Wildman–Crippen LogP) is 4.99. The summed E-state index contributed by atoms with van der Waals surface area (Å²) in [5.74, 6) is 1.56. The fourth-order valence-corrected chi connectivity index (χ4v) is 9.88. The van der Waals surface area contributed by atoms with Gasteiger partial charge in [0.05, 0.1) is 12.7 Å². The van der Waals surface area contributed by atoms with E-state index in [4.69, 9.17) is 8.37 Å². The Bertz CT molecular complexity index is 1100. The lowest BCUT2D eigenvalue weighted by Gasteiger charge is -2.58. The summed E-state index contributed by atoms with van der Waals surface area (Å²) in [7, 11) is -9.14. The van der Waals surface area contributed by atoms with Crippen LogP contribution in [0.1, 0.15) is 91.9 Å². The van der Waals surface area contributed by atoms with Gasteiger partial charge >= 0.3 is 20.8 Å². The van der Waals surface area contributed by atoms with Crippen molar-refractivity contribution in [3.05, 3.63) is 11.6 Å². The van der Waals surface area contributed by atoms with E-state index in [1.54, 1.807) is 0 Å². The zero-order valence-corrected chi connectivity index (χ0v) is 24.7. The molecule has 4 aliphatic rings. The molecule has 9 atom stereocenters. The van der Waals surface area contributed by atoms with E-state index in [0.717, 1.165) is 51.4 Å². The maximum atomic E-state index is 11.4. The van der Waals surface area contributed by atoms with Gasteiger partial charge in [0.2, 0.25) is 0 Å². The standard InChI is InChI=1S/C27H46O9S2/c1-17(2)6-5-7-18(16-35-37(29,30)31)20-10-11-21-19-8-9-23-25(28)24(36-38(32,33)34)13-15-27(23,4)22(19)12-14-26(20,21)3/h12,17-21,23-25,28H,5-11,13-16H2,1-4H3,(H,29,30,31)(H,32,33,34). The van der Waals surface area contributed by atoms with E-state index >= 15 is 0 Å². The summed E-state index contributed by atoms with van der Waals surface area (Å²) in [5.41, 5.74) is 1.10. The molecule has 0 aromatic carbocycles. The van der Waals surface area contributed by atoms with Crippen LogP contribution in [0, 0.1) is 46.3 Å². The summed E-state index contributed by atoms with van der Waals surface area (Å²) in [5, 5.41) is 11.1. The van der Waals surface area contributed by atoms with Crippen LogP contribution in [0.25, 0.3) is 0 Å². The third-order valence-electron chi connectivity index (χ3n) is 10.7. The number of hydrogen-bond acceptors (Lipinski definition) is 7. The topological polar surface area (TPSA) is 147 Å². The van der Waals surface area contributed by atoms with Gasteiger partial charge in [0, 0.05) is 0 Å². The molecule has 3 fully saturated rings. The molecule has 4 aliphatic carbocycles. The Kier molecular flexibility index (Phi) is 8.82. The second-order valence-corrected chi connectivity index (χ2v) is 15.4. The highest BCUT2D eigenvalue weighted by Gasteiger charge is 2.60. The molecule has 0 spiro atoms. The number of hydrogen-bond donors (Lipinski definition) is 3. The first-order valence-corrected chi connectivity index (χ1v) is 16.9. The SMILES string of the molecule is CC(C)CCCC(COS(=O)(=O)O)C1CCC2C3CCC4C(O)C(OS(=O)(=O)O)CCC4(C)C3=CCC12C. The summed E-state index contributed by atoms with van der Waals surface area (Å²) < 4.78 is 73.7. The third kappa shape index (κ3) is 6.19. The van der Waals surface area contributed by atoms with Gasteiger partial charge in [-0.25, -0.2) is 8.37 Å². The number of rotatable bonds is 10. The smallest absolute Gasteiger partial charge is 0.390 e. The van der Waals surface area contributed by atoms with Gasteiger partial charge in [-0.05, 0) is 97.7 Å². The molecule has 9 unspecified atom stereocenters. The third-order valence-corrected chi connectivity index (χ3v) is 11.7. The molecule has 0 bridgehead atoms. The lowest BCUT2D eigenvalue weighted by molar-refractivity contribution is -0.100. The maximum Gasteiger partial charge on any atom is 0.397 e. The highest BCUT2D eigenvalue weighted by atomic mass is 32.3. The zero-order chi connectivity index (χ0) is 28.1. The van der Waals surface area contributed by atoms with Gasteiger partial charge < -0.3 is 5.11 Å². The minimum atomic E-state index is -4.64. The zero-order valence-electron chi connectivity index (χ0n) is 23.1. The molecule has 4 rings (SSSR count). The van der Waals surface area contributed by atoms with E-state index in [1.807, 2.05) is 0 Å². The van der Waals surface area contributed by atoms with Crippen molar-refractivity contribution in [2.45, 2.75) is 104 Å². The minimum Gasteiger partial charge on any atom is -0.390 e. The molecular weight excluding hydrogens is 532 g/mol. The lowest BCUT2D eigenvalue weighted by Crippen LogP contribution is -2.55. The van der Waals surface area contributed by atoms with Crippen molar-refractivity contribution in [2.24, 2.45) is 46.3 Å². The molecular formula is C27H46O9S2. The fraction of sp³-hybridized carbons (Fsp3) is 0.926. The number of aliphatic hydroxyl groups excluding tert-OH is 1. The Labute approximate surface area is 228 Å². The van der Waals surface area contributed by atoms with Crippen LogP contribution in [0.5, 0.6) is 0 Å². The Hall–Kier alpha value is -0.560. The molecule has 0 aromatic rings. The van der Waals surface area contributed by atoms with E-state index in [1.165, 1.54) is 5.57 Å². The van der Waals surface area contributed by atoms with Crippen LogP contribution in [0.15, 0.2) is 11.6 Å². The van der Waals surface area contributed by atoms with E-state index in [9.17, 15) is 31.0 Å². The highest BCUT2D eigenvalue weighted by Crippen LogP contribution is 2.66. The van der Waals surface area contributed by atoms with Gasteiger partial charge in [0.15, 0.2) is 0 Å². The van der Waals surface area contributed by atoms with E-state index in [2.05, 4.69) is 33.8 Å². The van der Waals surface area contributed by atoms with Crippen molar-refractivity contribution in [3.63, 3.8) is 0 Å². The van der Waals surface area contributed by atoms with Crippen molar-refractivity contribution in [1.82, 2.24) is 0 Å². The van der Waals surface area contributed by atoms with Crippen molar-refractivity contribution >= 4 is 20.8 Å². The molecule has 3 N–H and O–H groups in total. The van der Waals surface area contributed by atoms with E-state index < -0.39 is 33.0 Å². The lowest BCUT2D eigenvalue weighted by atomic mass is 9.48. The van der Waals surface area contributed by atoms with Crippen LogP contribution in [-0.4, -0.2) is 49.9 Å². The number of allylic oxidation sites excluding steroid dienone is 2. The normalized spacial score (nSPS) is 40.3. The Morgan fingerprint density at radius 3 is 2.29 bits per heavy atom. The number of aliphatic hydroxyl groups is 1. The van der Waals surface area contributed by atoms with Gasteiger partial charge in [-0.3, -0.25) is 9.11 Å². The van der Waals surface area contributed by atoms with Gasteiger partial charge in [-0.2, -0.15) is 16.8 Å². The van der Waals surface area contributed by atoms with Crippen molar-refractivity contribution < 1.29 is 39.4 Å². The molecule has 3 saturated carbocycles. The van der Waals surface area contributed by atoms with E-state index in [0.29, 0.717) is 30.6 Å². The van der Waals surface area contributed by atoms with E-state index in [-0.39, 0.29) is 35.2 Å². The van der Waals surface area contributed by atoms with Crippen LogP contribution in [0.3, 0.4) is 0 Å². The van der Waals surface area contributed by atoms with Crippen LogP contribution in [0.4, 0.5) is 0 Å². The van der Waals surface area contributed by atoms with Crippen molar-refractivity contribution in [2.75, 3.05) is 6.61 Å². The van der Waals surface area contributed by atoms with Gasteiger partial charge in [0.1, 0.15) is 6.10 Å². The van der Waals surface area contributed by atoms with Crippen LogP contribution < -0.4 is 0 Å². The first kappa shape index (κ1) is 30.4. The van der Waals surface area contributed by atoms with Crippen molar-refractivity contribution in [3.8, 4) is 0 Å². The number of fused-ring (bicyclic) bond motifs is 5. The highest BCUT2D eigenvalue weighted by molar-refractivity contribution is 7.81. The second-order valence-electron chi connectivity index (χ2n) is 13.3. The molecule has 0 aromatic heterocycles. The minimum absolute atomic E-state index is 0.00623. The van der Waals surface area contributed by atoms with Crippen molar-refractivity contribution in [1.29, 1.82) is 0 Å². The molecule has 11 heteroatoms. The molecule has 0 heterocycles. The molecule has 0 saturated heterocycles. The van der Waals surface area contributed by atoms with Crippen LogP contribution in [-0.2, 0) is 29.2 Å². The largest absolute Gasteiger partial charge is 0.397 e. The Balaban J connectivity index is 1.55. The average molecular weight is 579 g/mol.